The van der Waals surface area contributed by atoms with E-state index < -0.39 is 0 Å². The highest BCUT2D eigenvalue weighted by Crippen LogP contribution is 2.37. The molecule has 5 rings (SSSR count). The molecule has 0 radical (unpaired) electrons. The molecule has 1 aromatic carbocycles. The lowest BCUT2D eigenvalue weighted by Gasteiger charge is -2.21. The molecule has 0 spiro atoms. The van der Waals surface area contributed by atoms with Crippen LogP contribution in [0.2, 0.25) is 0 Å². The van der Waals surface area contributed by atoms with Gasteiger partial charge in [-0.1, -0.05) is 0 Å². The van der Waals surface area contributed by atoms with Crippen LogP contribution in [-0.4, -0.2) is 30.8 Å². The van der Waals surface area contributed by atoms with Crippen LogP contribution in [0.5, 0.6) is 0 Å². The Morgan fingerprint density at radius 1 is 1.12 bits per heavy atom. The lowest BCUT2D eigenvalue weighted by molar-refractivity contribution is 0.664. The first kappa shape index (κ1) is 14.9. The highest BCUT2D eigenvalue weighted by Gasteiger charge is 2.21. The minimum atomic E-state index is 0.558. The number of hydrogen-bond donors (Lipinski definition) is 1. The monoisotopic (exact) mass is 351 g/mol. The second-order valence-electron chi connectivity index (χ2n) is 6.60. The summed E-state index contributed by atoms with van der Waals surface area (Å²) in [7, 11) is 0. The van der Waals surface area contributed by atoms with Crippen LogP contribution in [0.3, 0.4) is 0 Å². The maximum Gasteiger partial charge on any atom is 0.0775 e. The standard InChI is InChI=1S/C19H18ClN5/c20-7-8-25-11-12(9-22-25)19-14-4-2-1-3-13(14)18-15-10-21-24-16(15)5-6-17(18)23-19/h5-6,9-11H,1-4,7-8H2,(H,21,24). The number of benzene rings is 1. The van der Waals surface area contributed by atoms with Gasteiger partial charge in [-0.3, -0.25) is 9.78 Å². The quantitative estimate of drug-likeness (QED) is 0.565. The Hall–Kier alpha value is -2.40. The third-order valence-electron chi connectivity index (χ3n) is 5.11. The maximum atomic E-state index is 5.84. The van der Waals surface area contributed by atoms with Gasteiger partial charge in [0.2, 0.25) is 0 Å². The van der Waals surface area contributed by atoms with E-state index in [0.717, 1.165) is 35.1 Å². The van der Waals surface area contributed by atoms with Crippen LogP contribution in [-0.2, 0) is 19.4 Å². The van der Waals surface area contributed by atoms with Crippen LogP contribution in [0.4, 0.5) is 0 Å². The molecule has 0 fully saturated rings. The largest absolute Gasteiger partial charge is 0.278 e. The Labute approximate surface area is 150 Å². The number of H-pyrrole nitrogens is 1. The molecule has 0 saturated heterocycles. The Bertz CT molecular complexity index is 1080. The molecule has 0 saturated carbocycles. The van der Waals surface area contributed by atoms with Gasteiger partial charge in [0.25, 0.3) is 0 Å². The molecule has 25 heavy (non-hydrogen) atoms. The molecular formula is C19H18ClN5. The van der Waals surface area contributed by atoms with Gasteiger partial charge < -0.3 is 0 Å². The number of alkyl halides is 1. The summed E-state index contributed by atoms with van der Waals surface area (Å²) in [5, 5.41) is 14.2. The zero-order valence-corrected chi connectivity index (χ0v) is 14.6. The topological polar surface area (TPSA) is 59.4 Å². The molecule has 4 aromatic rings. The summed E-state index contributed by atoms with van der Waals surface area (Å²) in [6.07, 6.45) is 10.5. The van der Waals surface area contributed by atoms with Gasteiger partial charge in [0, 0.05) is 28.4 Å². The molecule has 3 aromatic heterocycles. The maximum absolute atomic E-state index is 5.84. The number of nitrogens with one attached hydrogen (secondary N) is 1. The van der Waals surface area contributed by atoms with Crippen molar-refractivity contribution in [3.8, 4) is 11.3 Å². The number of nitrogens with zero attached hydrogens (tertiary/aromatic N) is 4. The van der Waals surface area contributed by atoms with Gasteiger partial charge in [-0.05, 0) is 48.9 Å². The van der Waals surface area contributed by atoms with Crippen molar-refractivity contribution in [2.45, 2.75) is 32.2 Å². The fourth-order valence-corrected chi connectivity index (χ4v) is 4.15. The van der Waals surface area contributed by atoms with Crippen LogP contribution in [0.1, 0.15) is 24.0 Å². The number of aromatic nitrogens is 5. The third-order valence-corrected chi connectivity index (χ3v) is 5.28. The molecule has 1 N–H and O–H groups in total. The van der Waals surface area contributed by atoms with Crippen LogP contribution in [0, 0.1) is 0 Å². The van der Waals surface area contributed by atoms with Crippen molar-refractivity contribution in [2.75, 3.05) is 5.88 Å². The predicted molar refractivity (Wildman–Crippen MR) is 100.0 cm³/mol. The van der Waals surface area contributed by atoms with E-state index in [1.807, 2.05) is 17.1 Å². The number of hydrogen-bond acceptors (Lipinski definition) is 3. The van der Waals surface area contributed by atoms with Crippen molar-refractivity contribution in [1.82, 2.24) is 25.0 Å². The number of aryl methyl sites for hydroxylation is 2. The number of pyridine rings is 1. The first-order valence-electron chi connectivity index (χ1n) is 8.71. The van der Waals surface area contributed by atoms with Crippen molar-refractivity contribution in [3.05, 3.63) is 41.9 Å². The molecule has 0 bridgehead atoms. The van der Waals surface area contributed by atoms with Crippen LogP contribution < -0.4 is 0 Å². The highest BCUT2D eigenvalue weighted by molar-refractivity contribution is 6.17. The van der Waals surface area contributed by atoms with Crippen molar-refractivity contribution >= 4 is 33.4 Å². The molecule has 0 unspecified atom stereocenters. The van der Waals surface area contributed by atoms with E-state index >= 15 is 0 Å². The summed E-state index contributed by atoms with van der Waals surface area (Å²) in [4.78, 5) is 5.03. The van der Waals surface area contributed by atoms with E-state index in [0.29, 0.717) is 12.4 Å². The normalized spacial score (nSPS) is 14.3. The number of rotatable bonds is 3. The molecule has 5 nitrogen and oxygen atoms in total. The highest BCUT2D eigenvalue weighted by atomic mass is 35.5. The number of aromatic amines is 1. The summed E-state index contributed by atoms with van der Waals surface area (Å²) < 4.78 is 1.89. The summed E-state index contributed by atoms with van der Waals surface area (Å²) in [5.41, 5.74) is 7.07. The van der Waals surface area contributed by atoms with E-state index in [1.54, 1.807) is 0 Å². The van der Waals surface area contributed by atoms with Gasteiger partial charge in [0.15, 0.2) is 0 Å². The summed E-state index contributed by atoms with van der Waals surface area (Å²) in [6, 6.07) is 4.16. The summed E-state index contributed by atoms with van der Waals surface area (Å²) in [5.74, 6) is 0.558. The minimum Gasteiger partial charge on any atom is -0.278 e. The molecule has 0 atom stereocenters. The van der Waals surface area contributed by atoms with Crippen LogP contribution in [0.25, 0.3) is 33.1 Å². The van der Waals surface area contributed by atoms with E-state index in [9.17, 15) is 0 Å². The minimum absolute atomic E-state index is 0.558. The molecule has 1 aliphatic carbocycles. The Morgan fingerprint density at radius 2 is 2.00 bits per heavy atom. The van der Waals surface area contributed by atoms with Crippen molar-refractivity contribution in [1.29, 1.82) is 0 Å². The molecule has 3 heterocycles. The Morgan fingerprint density at radius 3 is 2.88 bits per heavy atom. The van der Waals surface area contributed by atoms with Crippen LogP contribution >= 0.6 is 11.6 Å². The van der Waals surface area contributed by atoms with Gasteiger partial charge >= 0.3 is 0 Å². The predicted octanol–water partition coefficient (Wildman–Crippen LogP) is 4.09. The molecular weight excluding hydrogens is 334 g/mol. The first-order valence-corrected chi connectivity index (χ1v) is 9.25. The average Bonchev–Trinajstić information content (AvgIpc) is 3.30. The van der Waals surface area contributed by atoms with Gasteiger partial charge in [-0.15, -0.1) is 11.6 Å². The molecule has 0 amide bonds. The van der Waals surface area contributed by atoms with Crippen LogP contribution in [0.15, 0.2) is 30.7 Å². The molecule has 0 aliphatic heterocycles. The number of fused-ring (bicyclic) bond motifs is 5. The lowest BCUT2D eigenvalue weighted by atomic mass is 9.86. The van der Waals surface area contributed by atoms with Crippen molar-refractivity contribution in [2.24, 2.45) is 0 Å². The zero-order chi connectivity index (χ0) is 16.8. The number of halogens is 1. The Kier molecular flexibility index (Phi) is 3.48. The Balaban J connectivity index is 1.80. The zero-order valence-electron chi connectivity index (χ0n) is 13.8. The van der Waals surface area contributed by atoms with E-state index in [2.05, 4.69) is 33.6 Å². The smallest absolute Gasteiger partial charge is 0.0775 e. The summed E-state index contributed by atoms with van der Waals surface area (Å²) in [6.45, 7) is 0.715. The van der Waals surface area contributed by atoms with Gasteiger partial charge in [0.05, 0.1) is 35.7 Å². The fourth-order valence-electron chi connectivity index (χ4n) is 3.98. The summed E-state index contributed by atoms with van der Waals surface area (Å²) >= 11 is 5.84. The van der Waals surface area contributed by atoms with Gasteiger partial charge in [-0.25, -0.2) is 4.98 Å². The fraction of sp³-hybridized carbons (Fsp3) is 0.316. The van der Waals surface area contributed by atoms with Crippen molar-refractivity contribution in [3.63, 3.8) is 0 Å². The average molecular weight is 352 g/mol. The second kappa shape index (κ2) is 5.85. The van der Waals surface area contributed by atoms with E-state index in [4.69, 9.17) is 16.6 Å². The lowest BCUT2D eigenvalue weighted by Crippen LogP contribution is -2.07. The molecule has 126 valence electrons. The second-order valence-corrected chi connectivity index (χ2v) is 6.97. The van der Waals surface area contributed by atoms with Gasteiger partial charge in [0.1, 0.15) is 0 Å². The first-order chi connectivity index (χ1) is 12.3. The van der Waals surface area contributed by atoms with E-state index in [1.165, 1.54) is 34.7 Å². The third kappa shape index (κ3) is 2.34. The van der Waals surface area contributed by atoms with Gasteiger partial charge in [-0.2, -0.15) is 10.2 Å². The SMILES string of the molecule is ClCCn1cc(-c2nc3ccc4[nH]ncc4c3c3c2CCCC3)cn1. The molecule has 6 heteroatoms. The molecule has 1 aliphatic rings. The van der Waals surface area contributed by atoms with Crippen molar-refractivity contribution < 1.29 is 0 Å². The van der Waals surface area contributed by atoms with E-state index in [-0.39, 0.29) is 0 Å².